The second-order valence-electron chi connectivity index (χ2n) is 4.92. The van der Waals surface area contributed by atoms with Gasteiger partial charge in [-0.3, -0.25) is 0 Å². The van der Waals surface area contributed by atoms with E-state index in [0.717, 1.165) is 39.1 Å². The third-order valence-corrected chi connectivity index (χ3v) is 3.10. The number of hydrogen-bond donors (Lipinski definition) is 2. The molecule has 3 nitrogen and oxygen atoms in total. The fourth-order valence-electron chi connectivity index (χ4n) is 2.59. The Bertz CT molecular complexity index is 180. The molecule has 0 aliphatic carbocycles. The summed E-state index contributed by atoms with van der Waals surface area (Å²) in [5.41, 5.74) is 0.351. The molecule has 2 aliphatic rings. The Morgan fingerprint density at radius 3 is 2.69 bits per heavy atom. The summed E-state index contributed by atoms with van der Waals surface area (Å²) in [6.45, 7) is 8.55. The van der Waals surface area contributed by atoms with Gasteiger partial charge in [0.2, 0.25) is 0 Å². The largest absolute Gasteiger partial charge is 0.375 e. The quantitative estimate of drug-likeness (QED) is 0.575. The van der Waals surface area contributed by atoms with E-state index in [9.17, 15) is 0 Å². The van der Waals surface area contributed by atoms with Crippen LogP contribution < -0.4 is 10.6 Å². The van der Waals surface area contributed by atoms with Gasteiger partial charge in [0.05, 0.1) is 5.60 Å². The van der Waals surface area contributed by atoms with Gasteiger partial charge in [-0.05, 0) is 26.7 Å². The SMILES string of the molecule is CC1(C)C[C@@]2(CCO1)CNCCN2. The first-order valence-electron chi connectivity index (χ1n) is 5.22. The predicted octanol–water partition coefficient (Wildman–Crippen LogP) is 0.507. The first-order chi connectivity index (χ1) is 6.12. The summed E-state index contributed by atoms with van der Waals surface area (Å²) in [4.78, 5) is 0. The smallest absolute Gasteiger partial charge is 0.0644 e. The Balaban J connectivity index is 2.04. The zero-order valence-corrected chi connectivity index (χ0v) is 8.65. The Kier molecular flexibility index (Phi) is 2.34. The van der Waals surface area contributed by atoms with Crippen LogP contribution in [0.5, 0.6) is 0 Å². The average Bonchev–Trinajstić information content (AvgIpc) is 2.03. The topological polar surface area (TPSA) is 33.3 Å². The number of nitrogens with one attached hydrogen (secondary N) is 2. The van der Waals surface area contributed by atoms with Crippen molar-refractivity contribution in [3.63, 3.8) is 0 Å². The van der Waals surface area contributed by atoms with Crippen molar-refractivity contribution in [3.05, 3.63) is 0 Å². The molecule has 2 rings (SSSR count). The summed E-state index contributed by atoms with van der Waals surface area (Å²) >= 11 is 0. The van der Waals surface area contributed by atoms with Crippen molar-refractivity contribution in [2.24, 2.45) is 0 Å². The fraction of sp³-hybridized carbons (Fsp3) is 1.00. The van der Waals surface area contributed by atoms with Crippen molar-refractivity contribution in [1.29, 1.82) is 0 Å². The molecule has 13 heavy (non-hydrogen) atoms. The number of piperazine rings is 1. The summed E-state index contributed by atoms with van der Waals surface area (Å²) in [6.07, 6.45) is 2.26. The second-order valence-corrected chi connectivity index (χ2v) is 4.92. The monoisotopic (exact) mass is 184 g/mol. The van der Waals surface area contributed by atoms with Gasteiger partial charge in [-0.1, -0.05) is 0 Å². The van der Waals surface area contributed by atoms with Crippen LogP contribution in [-0.4, -0.2) is 37.4 Å². The average molecular weight is 184 g/mol. The van der Waals surface area contributed by atoms with Crippen LogP contribution in [0.3, 0.4) is 0 Å². The standard InChI is InChI=1S/C10H20N2O/c1-9(2)7-10(3-6-13-9)8-11-4-5-12-10/h11-12H,3-8H2,1-2H3/t10-/m0/s1. The number of hydrogen-bond acceptors (Lipinski definition) is 3. The van der Waals surface area contributed by atoms with Crippen LogP contribution in [0.2, 0.25) is 0 Å². The van der Waals surface area contributed by atoms with Gasteiger partial charge in [-0.15, -0.1) is 0 Å². The first kappa shape index (κ1) is 9.44. The molecular formula is C10H20N2O. The minimum atomic E-state index is 0.0459. The zero-order chi connectivity index (χ0) is 9.36. The van der Waals surface area contributed by atoms with Gasteiger partial charge in [0.25, 0.3) is 0 Å². The molecule has 2 N–H and O–H groups in total. The molecule has 76 valence electrons. The molecule has 1 atom stereocenters. The van der Waals surface area contributed by atoms with Crippen LogP contribution in [-0.2, 0) is 4.74 Å². The maximum atomic E-state index is 5.73. The number of rotatable bonds is 0. The summed E-state index contributed by atoms with van der Waals surface area (Å²) in [7, 11) is 0. The first-order valence-corrected chi connectivity index (χ1v) is 5.22. The van der Waals surface area contributed by atoms with Crippen LogP contribution in [0.4, 0.5) is 0 Å². The lowest BCUT2D eigenvalue weighted by atomic mass is 9.80. The van der Waals surface area contributed by atoms with E-state index in [-0.39, 0.29) is 5.60 Å². The Hall–Kier alpha value is -0.120. The minimum Gasteiger partial charge on any atom is -0.375 e. The van der Waals surface area contributed by atoms with Crippen LogP contribution in [0.1, 0.15) is 26.7 Å². The molecule has 0 radical (unpaired) electrons. The van der Waals surface area contributed by atoms with Crippen LogP contribution in [0.15, 0.2) is 0 Å². The third kappa shape index (κ3) is 2.03. The van der Waals surface area contributed by atoms with Gasteiger partial charge in [0.1, 0.15) is 0 Å². The molecule has 0 amide bonds. The second kappa shape index (κ2) is 3.23. The lowest BCUT2D eigenvalue weighted by Gasteiger charge is -2.47. The van der Waals surface area contributed by atoms with E-state index in [0.29, 0.717) is 5.54 Å². The van der Waals surface area contributed by atoms with E-state index in [1.165, 1.54) is 0 Å². The molecule has 2 heterocycles. The normalized spacial score (nSPS) is 39.2. The highest BCUT2D eigenvalue weighted by atomic mass is 16.5. The Morgan fingerprint density at radius 2 is 2.08 bits per heavy atom. The van der Waals surface area contributed by atoms with Crippen molar-refractivity contribution < 1.29 is 4.74 Å². The molecule has 0 aromatic carbocycles. The van der Waals surface area contributed by atoms with Crippen molar-refractivity contribution in [3.8, 4) is 0 Å². The highest BCUT2D eigenvalue weighted by molar-refractivity contribution is 5.00. The number of ether oxygens (including phenoxy) is 1. The van der Waals surface area contributed by atoms with Crippen molar-refractivity contribution in [1.82, 2.24) is 10.6 Å². The molecule has 0 unspecified atom stereocenters. The summed E-state index contributed by atoms with van der Waals surface area (Å²) in [5.74, 6) is 0. The van der Waals surface area contributed by atoms with E-state index in [4.69, 9.17) is 4.74 Å². The van der Waals surface area contributed by atoms with Crippen molar-refractivity contribution in [2.75, 3.05) is 26.2 Å². The molecule has 0 aromatic heterocycles. The molecule has 1 spiro atoms. The van der Waals surface area contributed by atoms with Gasteiger partial charge >= 0.3 is 0 Å². The highest BCUT2D eigenvalue weighted by Crippen LogP contribution is 2.32. The van der Waals surface area contributed by atoms with E-state index in [1.54, 1.807) is 0 Å². The van der Waals surface area contributed by atoms with E-state index < -0.39 is 0 Å². The fourth-order valence-corrected chi connectivity index (χ4v) is 2.59. The van der Waals surface area contributed by atoms with Gasteiger partial charge in [0, 0.05) is 31.8 Å². The van der Waals surface area contributed by atoms with Crippen LogP contribution >= 0.6 is 0 Å². The lowest BCUT2D eigenvalue weighted by Crippen LogP contribution is -2.64. The van der Waals surface area contributed by atoms with Crippen LogP contribution in [0.25, 0.3) is 0 Å². The molecule has 3 heteroatoms. The van der Waals surface area contributed by atoms with Crippen LogP contribution in [0, 0.1) is 0 Å². The van der Waals surface area contributed by atoms with Gasteiger partial charge in [-0.25, -0.2) is 0 Å². The third-order valence-electron chi connectivity index (χ3n) is 3.10. The Morgan fingerprint density at radius 1 is 1.23 bits per heavy atom. The molecule has 0 bridgehead atoms. The van der Waals surface area contributed by atoms with E-state index in [1.807, 2.05) is 0 Å². The zero-order valence-electron chi connectivity index (χ0n) is 8.65. The van der Waals surface area contributed by atoms with Crippen molar-refractivity contribution in [2.45, 2.75) is 37.8 Å². The molecule has 2 aliphatic heterocycles. The highest BCUT2D eigenvalue weighted by Gasteiger charge is 2.41. The molecule has 0 saturated carbocycles. The van der Waals surface area contributed by atoms with E-state index in [2.05, 4.69) is 24.5 Å². The van der Waals surface area contributed by atoms with Gasteiger partial charge in [-0.2, -0.15) is 0 Å². The summed E-state index contributed by atoms with van der Waals surface area (Å²) in [5, 5.41) is 7.11. The minimum absolute atomic E-state index is 0.0459. The molecule has 2 fully saturated rings. The molecular weight excluding hydrogens is 164 g/mol. The van der Waals surface area contributed by atoms with E-state index >= 15 is 0 Å². The predicted molar refractivity (Wildman–Crippen MR) is 52.9 cm³/mol. The van der Waals surface area contributed by atoms with Gasteiger partial charge in [0.15, 0.2) is 0 Å². The molecule has 2 saturated heterocycles. The summed E-state index contributed by atoms with van der Waals surface area (Å²) in [6, 6.07) is 0. The maximum absolute atomic E-state index is 5.73. The maximum Gasteiger partial charge on any atom is 0.0644 e. The molecule has 0 aromatic rings. The van der Waals surface area contributed by atoms with Gasteiger partial charge < -0.3 is 15.4 Å². The Labute approximate surface area is 80.2 Å². The summed E-state index contributed by atoms with van der Waals surface area (Å²) < 4.78 is 5.73. The lowest BCUT2D eigenvalue weighted by molar-refractivity contribution is -0.0896. The van der Waals surface area contributed by atoms with Crippen molar-refractivity contribution >= 4 is 0 Å².